The normalized spacial score (nSPS) is 27.6. The SMILES string of the molecule is O=C1CC2C(=O)C=CC(Br)=C2N1. The monoisotopic (exact) mass is 227 g/mol. The molecule has 1 N–H and O–H groups in total. The van der Waals surface area contributed by atoms with Crippen LogP contribution in [0.5, 0.6) is 0 Å². The Morgan fingerprint density at radius 1 is 1.42 bits per heavy atom. The average molecular weight is 228 g/mol. The van der Waals surface area contributed by atoms with Gasteiger partial charge in [0.2, 0.25) is 5.91 Å². The molecule has 0 radical (unpaired) electrons. The maximum absolute atomic E-state index is 11.2. The highest BCUT2D eigenvalue weighted by Crippen LogP contribution is 2.30. The number of halogens is 1. The molecule has 1 saturated heterocycles. The van der Waals surface area contributed by atoms with Gasteiger partial charge >= 0.3 is 0 Å². The van der Waals surface area contributed by atoms with E-state index in [4.69, 9.17) is 0 Å². The summed E-state index contributed by atoms with van der Waals surface area (Å²) in [5.74, 6) is -0.340. The molecule has 1 heterocycles. The fourth-order valence-corrected chi connectivity index (χ4v) is 1.91. The van der Waals surface area contributed by atoms with Crippen LogP contribution in [0.2, 0.25) is 0 Å². The van der Waals surface area contributed by atoms with Gasteiger partial charge in [0.05, 0.1) is 5.92 Å². The molecule has 0 aromatic rings. The Labute approximate surface area is 77.6 Å². The van der Waals surface area contributed by atoms with Crippen molar-refractivity contribution in [3.63, 3.8) is 0 Å². The van der Waals surface area contributed by atoms with Crippen LogP contribution in [0.15, 0.2) is 22.3 Å². The number of carbonyl (C=O) groups is 2. The summed E-state index contributed by atoms with van der Waals surface area (Å²) in [5, 5.41) is 2.66. The third kappa shape index (κ3) is 1.03. The summed E-state index contributed by atoms with van der Waals surface area (Å²) in [4.78, 5) is 22.2. The lowest BCUT2D eigenvalue weighted by molar-refractivity contribution is -0.122. The molecule has 2 aliphatic rings. The molecule has 0 bridgehead atoms. The van der Waals surface area contributed by atoms with E-state index in [0.717, 1.165) is 4.48 Å². The van der Waals surface area contributed by atoms with Crippen molar-refractivity contribution < 1.29 is 9.59 Å². The topological polar surface area (TPSA) is 46.2 Å². The van der Waals surface area contributed by atoms with E-state index in [9.17, 15) is 9.59 Å². The number of allylic oxidation sites excluding steroid dienone is 4. The molecule has 4 heteroatoms. The molecule has 0 aromatic carbocycles. The van der Waals surface area contributed by atoms with Crippen molar-refractivity contribution in [2.24, 2.45) is 5.92 Å². The molecule has 3 nitrogen and oxygen atoms in total. The highest BCUT2D eigenvalue weighted by atomic mass is 79.9. The highest BCUT2D eigenvalue weighted by molar-refractivity contribution is 9.11. The van der Waals surface area contributed by atoms with Crippen LogP contribution in [0, 0.1) is 5.92 Å². The minimum atomic E-state index is -0.267. The van der Waals surface area contributed by atoms with E-state index in [-0.39, 0.29) is 24.0 Å². The van der Waals surface area contributed by atoms with Gasteiger partial charge in [-0.25, -0.2) is 0 Å². The van der Waals surface area contributed by atoms with Crippen LogP contribution in [0.1, 0.15) is 6.42 Å². The summed E-state index contributed by atoms with van der Waals surface area (Å²) in [6.45, 7) is 0. The van der Waals surface area contributed by atoms with Gasteiger partial charge in [-0.2, -0.15) is 0 Å². The predicted octanol–water partition coefficient (Wildman–Crippen LogP) is 0.868. The smallest absolute Gasteiger partial charge is 0.225 e. The van der Waals surface area contributed by atoms with Crippen LogP contribution < -0.4 is 5.32 Å². The van der Waals surface area contributed by atoms with Gasteiger partial charge < -0.3 is 5.32 Å². The molecule has 0 aromatic heterocycles. The van der Waals surface area contributed by atoms with E-state index in [1.807, 2.05) is 0 Å². The van der Waals surface area contributed by atoms with Gasteiger partial charge in [-0.05, 0) is 28.1 Å². The predicted molar refractivity (Wildman–Crippen MR) is 46.3 cm³/mol. The van der Waals surface area contributed by atoms with Gasteiger partial charge in [-0.1, -0.05) is 0 Å². The van der Waals surface area contributed by atoms with Crippen LogP contribution in [-0.4, -0.2) is 11.7 Å². The molecule has 1 atom stereocenters. The minimum absolute atomic E-state index is 0.00606. The van der Waals surface area contributed by atoms with Crippen molar-refractivity contribution in [1.29, 1.82) is 0 Å². The number of carbonyl (C=O) groups excluding carboxylic acids is 2. The number of rotatable bonds is 0. The van der Waals surface area contributed by atoms with E-state index < -0.39 is 0 Å². The van der Waals surface area contributed by atoms with E-state index in [0.29, 0.717) is 5.70 Å². The first-order chi connectivity index (χ1) is 5.68. The number of hydrogen-bond donors (Lipinski definition) is 1. The van der Waals surface area contributed by atoms with Crippen molar-refractivity contribution in [1.82, 2.24) is 5.32 Å². The molecule has 1 fully saturated rings. The molecule has 0 saturated carbocycles. The lowest BCUT2D eigenvalue weighted by Crippen LogP contribution is -2.18. The average Bonchev–Trinajstić information content (AvgIpc) is 2.41. The first kappa shape index (κ1) is 7.73. The van der Waals surface area contributed by atoms with Gasteiger partial charge in [0.25, 0.3) is 0 Å². The fraction of sp³-hybridized carbons (Fsp3) is 0.250. The third-order valence-corrected chi connectivity index (χ3v) is 2.70. The molecule has 1 unspecified atom stereocenters. The van der Waals surface area contributed by atoms with Gasteiger partial charge in [-0.15, -0.1) is 0 Å². The Bertz CT molecular complexity index is 330. The van der Waals surface area contributed by atoms with Crippen molar-refractivity contribution in [3.8, 4) is 0 Å². The molecular weight excluding hydrogens is 222 g/mol. The molecular formula is C8H6BrNO2. The van der Waals surface area contributed by atoms with E-state index in [1.54, 1.807) is 6.08 Å². The zero-order valence-corrected chi connectivity index (χ0v) is 7.72. The number of hydrogen-bond acceptors (Lipinski definition) is 2. The summed E-state index contributed by atoms with van der Waals surface area (Å²) in [5.41, 5.74) is 0.715. The molecule has 1 aliphatic carbocycles. The van der Waals surface area contributed by atoms with Gasteiger partial charge in [0, 0.05) is 16.6 Å². The molecule has 62 valence electrons. The molecule has 2 rings (SSSR count). The fourth-order valence-electron chi connectivity index (χ4n) is 1.41. The lowest BCUT2D eigenvalue weighted by atomic mass is 9.96. The second-order valence-corrected chi connectivity index (χ2v) is 3.66. The Morgan fingerprint density at radius 2 is 2.17 bits per heavy atom. The van der Waals surface area contributed by atoms with E-state index in [1.165, 1.54) is 6.08 Å². The molecule has 0 spiro atoms. The van der Waals surface area contributed by atoms with Crippen LogP contribution in [-0.2, 0) is 9.59 Å². The number of nitrogens with one attached hydrogen (secondary N) is 1. The van der Waals surface area contributed by atoms with Gasteiger partial charge in [0.1, 0.15) is 0 Å². The Morgan fingerprint density at radius 3 is 2.83 bits per heavy atom. The van der Waals surface area contributed by atoms with Crippen LogP contribution in [0.4, 0.5) is 0 Å². The molecule has 12 heavy (non-hydrogen) atoms. The zero-order chi connectivity index (χ0) is 8.72. The zero-order valence-electron chi connectivity index (χ0n) is 6.13. The summed E-state index contributed by atoms with van der Waals surface area (Å²) >= 11 is 3.28. The Kier molecular flexibility index (Phi) is 1.65. The summed E-state index contributed by atoms with van der Waals surface area (Å²) in [7, 11) is 0. The first-order valence-corrected chi connectivity index (χ1v) is 4.39. The largest absolute Gasteiger partial charge is 0.328 e. The van der Waals surface area contributed by atoms with Gasteiger partial charge in [-0.3, -0.25) is 9.59 Å². The van der Waals surface area contributed by atoms with Crippen LogP contribution in [0.25, 0.3) is 0 Å². The summed E-state index contributed by atoms with van der Waals surface area (Å²) in [6, 6.07) is 0. The second-order valence-electron chi connectivity index (χ2n) is 2.80. The lowest BCUT2D eigenvalue weighted by Gasteiger charge is -2.11. The number of ketones is 1. The standard InChI is InChI=1S/C8H6BrNO2/c9-5-1-2-6(11)4-3-7(12)10-8(4)5/h1-2,4H,3H2,(H,10,12). The van der Waals surface area contributed by atoms with Crippen molar-refractivity contribution in [2.75, 3.05) is 0 Å². The summed E-state index contributed by atoms with van der Waals surface area (Å²) < 4.78 is 0.804. The maximum Gasteiger partial charge on any atom is 0.225 e. The van der Waals surface area contributed by atoms with Crippen molar-refractivity contribution >= 4 is 27.6 Å². The Balaban J connectivity index is 2.44. The minimum Gasteiger partial charge on any atom is -0.328 e. The van der Waals surface area contributed by atoms with Crippen LogP contribution in [0.3, 0.4) is 0 Å². The first-order valence-electron chi connectivity index (χ1n) is 3.60. The molecule has 1 aliphatic heterocycles. The summed E-state index contributed by atoms with van der Waals surface area (Å²) in [6.07, 6.45) is 3.45. The van der Waals surface area contributed by atoms with Crippen molar-refractivity contribution in [3.05, 3.63) is 22.3 Å². The highest BCUT2D eigenvalue weighted by Gasteiger charge is 2.34. The second kappa shape index (κ2) is 2.55. The van der Waals surface area contributed by atoms with E-state index in [2.05, 4.69) is 21.2 Å². The van der Waals surface area contributed by atoms with Crippen LogP contribution >= 0.6 is 15.9 Å². The number of amides is 1. The quantitative estimate of drug-likeness (QED) is 0.668. The molecule has 1 amide bonds. The third-order valence-electron chi connectivity index (χ3n) is 2.01. The van der Waals surface area contributed by atoms with Gasteiger partial charge in [0.15, 0.2) is 5.78 Å². The van der Waals surface area contributed by atoms with E-state index >= 15 is 0 Å². The van der Waals surface area contributed by atoms with Crippen molar-refractivity contribution in [2.45, 2.75) is 6.42 Å². The Hall–Kier alpha value is -0.900. The maximum atomic E-state index is 11.2. The number of fused-ring (bicyclic) bond motifs is 1.